The first-order chi connectivity index (χ1) is 14.7. The molecule has 0 aliphatic rings. The Morgan fingerprint density at radius 3 is 2.26 bits per heavy atom. The van der Waals surface area contributed by atoms with Gasteiger partial charge >= 0.3 is 10.1 Å². The van der Waals surface area contributed by atoms with Gasteiger partial charge in [-0.1, -0.05) is 24.3 Å². The topological polar surface area (TPSA) is 63.7 Å². The van der Waals surface area contributed by atoms with Crippen LogP contribution in [0.4, 0.5) is 8.78 Å². The van der Waals surface area contributed by atoms with Crippen molar-refractivity contribution in [3.05, 3.63) is 95.6 Å². The second kappa shape index (κ2) is 9.26. The molecular formula is C23H21F2NO4S. The van der Waals surface area contributed by atoms with E-state index < -0.39 is 27.7 Å². The first-order valence-corrected chi connectivity index (χ1v) is 10.9. The zero-order valence-electron chi connectivity index (χ0n) is 17.0. The summed E-state index contributed by atoms with van der Waals surface area (Å²) in [7, 11) is -4.21. The first kappa shape index (κ1) is 22.4. The van der Waals surface area contributed by atoms with E-state index in [1.807, 2.05) is 0 Å². The number of halogens is 2. The standard InChI is InChI=1S/C23H21F2NO4S/c1-16(2)26(23(27)17-7-5-8-20(25)14-17)15-18-6-3-4-9-22(18)30-31(28,29)21-12-10-19(24)11-13-21/h3-14,16H,15H2,1-2H3. The van der Waals surface area contributed by atoms with Gasteiger partial charge in [0.05, 0.1) is 0 Å². The maximum absolute atomic E-state index is 13.6. The Morgan fingerprint density at radius 2 is 1.61 bits per heavy atom. The molecule has 1 amide bonds. The molecule has 3 aromatic rings. The number of hydrogen-bond acceptors (Lipinski definition) is 4. The molecule has 0 N–H and O–H groups in total. The van der Waals surface area contributed by atoms with Crippen LogP contribution in [0, 0.1) is 11.6 Å². The predicted molar refractivity (Wildman–Crippen MR) is 112 cm³/mol. The molecule has 0 saturated carbocycles. The van der Waals surface area contributed by atoms with E-state index in [4.69, 9.17) is 4.18 Å². The molecule has 0 spiro atoms. The summed E-state index contributed by atoms with van der Waals surface area (Å²) in [5.74, 6) is -1.44. The molecule has 8 heteroatoms. The average molecular weight is 445 g/mol. The fourth-order valence-electron chi connectivity index (χ4n) is 2.94. The SMILES string of the molecule is CC(C)N(Cc1ccccc1OS(=O)(=O)c1ccc(F)cc1)C(=O)c1cccc(F)c1. The molecule has 0 heterocycles. The van der Waals surface area contributed by atoms with Gasteiger partial charge in [0.25, 0.3) is 5.91 Å². The fourth-order valence-corrected chi connectivity index (χ4v) is 3.91. The quantitative estimate of drug-likeness (QED) is 0.491. The molecule has 0 radical (unpaired) electrons. The van der Waals surface area contributed by atoms with Crippen LogP contribution in [-0.2, 0) is 16.7 Å². The van der Waals surface area contributed by atoms with Crippen LogP contribution in [0.3, 0.4) is 0 Å². The van der Waals surface area contributed by atoms with E-state index in [-0.39, 0.29) is 28.8 Å². The lowest BCUT2D eigenvalue weighted by Crippen LogP contribution is -2.36. The van der Waals surface area contributed by atoms with Crippen molar-refractivity contribution >= 4 is 16.0 Å². The lowest BCUT2D eigenvalue weighted by Gasteiger charge is -2.27. The van der Waals surface area contributed by atoms with Crippen molar-refractivity contribution in [1.29, 1.82) is 0 Å². The summed E-state index contributed by atoms with van der Waals surface area (Å²) in [6.07, 6.45) is 0. The molecule has 0 aliphatic carbocycles. The summed E-state index contributed by atoms with van der Waals surface area (Å²) in [4.78, 5) is 14.3. The number of carbonyl (C=O) groups excluding carboxylic acids is 1. The smallest absolute Gasteiger partial charge is 0.339 e. The Hall–Kier alpha value is -3.26. The van der Waals surface area contributed by atoms with E-state index in [0.29, 0.717) is 5.56 Å². The summed E-state index contributed by atoms with van der Waals surface area (Å²) in [5, 5.41) is 0. The highest BCUT2D eigenvalue weighted by molar-refractivity contribution is 7.87. The van der Waals surface area contributed by atoms with Crippen LogP contribution >= 0.6 is 0 Å². The number of benzene rings is 3. The molecule has 0 aliphatic heterocycles. The predicted octanol–water partition coefficient (Wildman–Crippen LogP) is 4.78. The Labute approximate surface area is 180 Å². The number of nitrogens with zero attached hydrogens (tertiary/aromatic N) is 1. The van der Waals surface area contributed by atoms with Crippen LogP contribution in [0.2, 0.25) is 0 Å². The molecule has 0 fully saturated rings. The van der Waals surface area contributed by atoms with Gasteiger partial charge < -0.3 is 9.08 Å². The Bertz CT molecular complexity index is 1180. The zero-order valence-corrected chi connectivity index (χ0v) is 17.8. The summed E-state index contributed by atoms with van der Waals surface area (Å²) in [5.41, 5.74) is 0.637. The first-order valence-electron chi connectivity index (χ1n) is 9.52. The van der Waals surface area contributed by atoms with Crippen molar-refractivity contribution in [2.24, 2.45) is 0 Å². The van der Waals surface area contributed by atoms with Crippen LogP contribution in [0.5, 0.6) is 5.75 Å². The Morgan fingerprint density at radius 1 is 0.935 bits per heavy atom. The van der Waals surface area contributed by atoms with Crippen LogP contribution in [0.15, 0.2) is 77.7 Å². The molecule has 0 saturated heterocycles. The van der Waals surface area contributed by atoms with Gasteiger partial charge in [-0.2, -0.15) is 8.42 Å². The average Bonchev–Trinajstić information content (AvgIpc) is 2.72. The minimum atomic E-state index is -4.21. The molecule has 3 aromatic carbocycles. The molecule has 5 nitrogen and oxygen atoms in total. The second-order valence-corrected chi connectivity index (χ2v) is 8.68. The number of amides is 1. The van der Waals surface area contributed by atoms with E-state index in [1.165, 1.54) is 29.2 Å². The van der Waals surface area contributed by atoms with Crippen LogP contribution in [0.25, 0.3) is 0 Å². The summed E-state index contributed by atoms with van der Waals surface area (Å²) in [6, 6.07) is 15.8. The lowest BCUT2D eigenvalue weighted by molar-refractivity contribution is 0.0689. The van der Waals surface area contributed by atoms with Crippen molar-refractivity contribution in [3.63, 3.8) is 0 Å². The Balaban J connectivity index is 1.89. The monoisotopic (exact) mass is 445 g/mol. The van der Waals surface area contributed by atoms with Gasteiger partial charge in [0, 0.05) is 23.7 Å². The van der Waals surface area contributed by atoms with E-state index in [0.717, 1.165) is 30.3 Å². The molecule has 3 rings (SSSR count). The fraction of sp³-hybridized carbons (Fsp3) is 0.174. The van der Waals surface area contributed by atoms with Gasteiger partial charge in [-0.05, 0) is 62.4 Å². The minimum absolute atomic E-state index is 0.0438. The van der Waals surface area contributed by atoms with Crippen LogP contribution < -0.4 is 4.18 Å². The highest BCUT2D eigenvalue weighted by Gasteiger charge is 2.23. The third kappa shape index (κ3) is 5.46. The summed E-state index contributed by atoms with van der Waals surface area (Å²) < 4.78 is 57.2. The van der Waals surface area contributed by atoms with Crippen LogP contribution in [-0.4, -0.2) is 25.3 Å². The van der Waals surface area contributed by atoms with E-state index in [9.17, 15) is 22.0 Å². The molecule has 0 bridgehead atoms. The number of rotatable bonds is 7. The molecule has 0 aromatic heterocycles. The van der Waals surface area contributed by atoms with E-state index in [2.05, 4.69) is 0 Å². The molecule has 0 atom stereocenters. The van der Waals surface area contributed by atoms with E-state index in [1.54, 1.807) is 32.0 Å². The summed E-state index contributed by atoms with van der Waals surface area (Å²) >= 11 is 0. The highest BCUT2D eigenvalue weighted by atomic mass is 32.2. The number of para-hydroxylation sites is 1. The molecule has 0 unspecified atom stereocenters. The third-order valence-corrected chi connectivity index (χ3v) is 5.82. The lowest BCUT2D eigenvalue weighted by atomic mass is 10.1. The van der Waals surface area contributed by atoms with Gasteiger partial charge in [-0.25, -0.2) is 8.78 Å². The maximum atomic E-state index is 13.6. The number of hydrogen-bond donors (Lipinski definition) is 0. The van der Waals surface area contributed by atoms with Gasteiger partial charge in [0.1, 0.15) is 22.3 Å². The molecule has 162 valence electrons. The van der Waals surface area contributed by atoms with Crippen molar-refractivity contribution in [1.82, 2.24) is 4.90 Å². The zero-order chi connectivity index (χ0) is 22.6. The third-order valence-electron chi connectivity index (χ3n) is 4.57. The highest BCUT2D eigenvalue weighted by Crippen LogP contribution is 2.26. The second-order valence-electron chi connectivity index (χ2n) is 7.14. The largest absolute Gasteiger partial charge is 0.379 e. The molecule has 31 heavy (non-hydrogen) atoms. The van der Waals surface area contributed by atoms with Gasteiger partial charge in [0.15, 0.2) is 0 Å². The Kier molecular flexibility index (Phi) is 6.70. The van der Waals surface area contributed by atoms with Gasteiger partial charge in [0.2, 0.25) is 0 Å². The van der Waals surface area contributed by atoms with Crippen LogP contribution in [0.1, 0.15) is 29.8 Å². The number of carbonyl (C=O) groups is 1. The minimum Gasteiger partial charge on any atom is -0.379 e. The van der Waals surface area contributed by atoms with Crippen molar-refractivity contribution < 1.29 is 26.2 Å². The van der Waals surface area contributed by atoms with Gasteiger partial charge in [-0.15, -0.1) is 0 Å². The van der Waals surface area contributed by atoms with Gasteiger partial charge in [-0.3, -0.25) is 4.79 Å². The van der Waals surface area contributed by atoms with E-state index >= 15 is 0 Å². The maximum Gasteiger partial charge on any atom is 0.339 e. The van der Waals surface area contributed by atoms with Crippen molar-refractivity contribution in [3.8, 4) is 5.75 Å². The molecular weight excluding hydrogens is 424 g/mol. The normalized spacial score (nSPS) is 11.4. The summed E-state index contributed by atoms with van der Waals surface area (Å²) in [6.45, 7) is 3.65. The van der Waals surface area contributed by atoms with Crippen molar-refractivity contribution in [2.45, 2.75) is 31.3 Å². The van der Waals surface area contributed by atoms with Crippen molar-refractivity contribution in [2.75, 3.05) is 0 Å².